The van der Waals surface area contributed by atoms with Gasteiger partial charge in [-0.3, -0.25) is 9.58 Å². The van der Waals surface area contributed by atoms with Gasteiger partial charge in [0.15, 0.2) is 0 Å². The van der Waals surface area contributed by atoms with Crippen LogP contribution in [-0.2, 0) is 13.1 Å². The second-order valence-corrected chi connectivity index (χ2v) is 7.12. The van der Waals surface area contributed by atoms with E-state index in [9.17, 15) is 0 Å². The number of hydrogen-bond donors (Lipinski definition) is 1. The van der Waals surface area contributed by atoms with Crippen LogP contribution in [0.1, 0.15) is 35.9 Å². The average Bonchev–Trinajstić information content (AvgIpc) is 3.31. The maximum absolute atomic E-state index is 9.09. The summed E-state index contributed by atoms with van der Waals surface area (Å²) in [5.74, 6) is 1.65. The smallest absolute Gasteiger partial charge is 0.231 e. The molecule has 0 aliphatic carbocycles. The molecule has 4 rings (SSSR count). The van der Waals surface area contributed by atoms with E-state index in [0.717, 1.165) is 49.6 Å². The van der Waals surface area contributed by atoms with Crippen molar-refractivity contribution < 1.29 is 9.63 Å². The molecule has 0 radical (unpaired) electrons. The fraction of sp³-hybridized carbons (Fsp3) is 0.450. The summed E-state index contributed by atoms with van der Waals surface area (Å²) in [6.45, 7) is 5.48. The van der Waals surface area contributed by atoms with E-state index in [1.54, 1.807) is 0 Å². The molecule has 0 saturated carbocycles. The third kappa shape index (κ3) is 4.09. The van der Waals surface area contributed by atoms with E-state index in [1.165, 1.54) is 5.56 Å². The number of rotatable bonds is 6. The van der Waals surface area contributed by atoms with E-state index >= 15 is 0 Å². The number of nitrogens with zero attached hydrogens (tertiary/aromatic N) is 5. The molecular formula is C20H25N5O2. The van der Waals surface area contributed by atoms with Gasteiger partial charge in [0.1, 0.15) is 0 Å². The summed E-state index contributed by atoms with van der Waals surface area (Å²) in [5.41, 5.74) is 3.21. The molecule has 0 bridgehead atoms. The molecule has 1 fully saturated rings. The molecule has 0 amide bonds. The number of aliphatic hydroxyl groups is 1. The maximum atomic E-state index is 9.09. The van der Waals surface area contributed by atoms with Gasteiger partial charge >= 0.3 is 0 Å². The number of piperidine rings is 1. The molecule has 27 heavy (non-hydrogen) atoms. The van der Waals surface area contributed by atoms with Crippen LogP contribution in [0, 0.1) is 6.92 Å². The van der Waals surface area contributed by atoms with Crippen LogP contribution in [0.5, 0.6) is 0 Å². The van der Waals surface area contributed by atoms with Crippen LogP contribution in [0.25, 0.3) is 11.4 Å². The lowest BCUT2D eigenvalue weighted by atomic mass is 9.97. The van der Waals surface area contributed by atoms with Crippen molar-refractivity contribution in [1.29, 1.82) is 0 Å². The molecule has 7 nitrogen and oxygen atoms in total. The largest absolute Gasteiger partial charge is 0.394 e. The molecule has 0 unspecified atom stereocenters. The van der Waals surface area contributed by atoms with Gasteiger partial charge in [-0.05, 0) is 26.3 Å². The van der Waals surface area contributed by atoms with Crippen molar-refractivity contribution in [2.75, 3.05) is 19.7 Å². The first-order valence-corrected chi connectivity index (χ1v) is 9.48. The van der Waals surface area contributed by atoms with Crippen LogP contribution in [-0.4, -0.2) is 49.6 Å². The van der Waals surface area contributed by atoms with Gasteiger partial charge in [0, 0.05) is 30.4 Å². The van der Waals surface area contributed by atoms with Gasteiger partial charge in [0.05, 0.1) is 24.8 Å². The minimum Gasteiger partial charge on any atom is -0.394 e. The number of aromatic nitrogens is 4. The molecule has 1 aliphatic heterocycles. The Bertz CT molecular complexity index is 874. The quantitative estimate of drug-likeness (QED) is 0.721. The summed E-state index contributed by atoms with van der Waals surface area (Å²) in [6, 6.07) is 9.93. The first-order chi connectivity index (χ1) is 13.2. The predicted molar refractivity (Wildman–Crippen MR) is 101 cm³/mol. The Balaban J connectivity index is 1.43. The van der Waals surface area contributed by atoms with Gasteiger partial charge in [-0.1, -0.05) is 35.5 Å². The molecule has 1 saturated heterocycles. The maximum Gasteiger partial charge on any atom is 0.231 e. The van der Waals surface area contributed by atoms with Gasteiger partial charge in [0.2, 0.25) is 11.7 Å². The summed E-state index contributed by atoms with van der Waals surface area (Å²) in [7, 11) is 0. The van der Waals surface area contributed by atoms with Crippen LogP contribution >= 0.6 is 0 Å². The molecule has 7 heteroatoms. The molecule has 1 N–H and O–H groups in total. The molecule has 2 aromatic heterocycles. The zero-order valence-electron chi connectivity index (χ0n) is 15.6. The van der Waals surface area contributed by atoms with Crippen LogP contribution in [0.3, 0.4) is 0 Å². The van der Waals surface area contributed by atoms with Gasteiger partial charge in [0.25, 0.3) is 0 Å². The lowest BCUT2D eigenvalue weighted by Gasteiger charge is -2.30. The van der Waals surface area contributed by atoms with Crippen molar-refractivity contribution >= 4 is 0 Å². The Labute approximate surface area is 158 Å². The fourth-order valence-corrected chi connectivity index (χ4v) is 3.68. The number of hydrogen-bond acceptors (Lipinski definition) is 6. The zero-order valence-corrected chi connectivity index (χ0v) is 15.6. The predicted octanol–water partition coefficient (Wildman–Crippen LogP) is 2.61. The molecule has 1 atom stereocenters. The Kier molecular flexibility index (Phi) is 5.31. The van der Waals surface area contributed by atoms with E-state index in [4.69, 9.17) is 9.63 Å². The lowest BCUT2D eigenvalue weighted by molar-refractivity contribution is 0.180. The SMILES string of the molecule is Cc1nn(CCO)cc1CN1CCC[C@@H](c2nc(-c3ccccc3)no2)C1. The molecule has 3 heterocycles. The van der Waals surface area contributed by atoms with Crippen molar-refractivity contribution in [2.45, 2.75) is 38.8 Å². The molecule has 142 valence electrons. The standard InChI is InChI=1S/C20H25N5O2/c1-15-18(14-25(22-15)10-11-26)13-24-9-5-8-17(12-24)20-21-19(23-27-20)16-6-3-2-4-7-16/h2-4,6-7,14,17,26H,5,8-13H2,1H3/t17-/m1/s1. The Hall–Kier alpha value is -2.51. The summed E-state index contributed by atoms with van der Waals surface area (Å²) in [6.07, 6.45) is 4.21. The summed E-state index contributed by atoms with van der Waals surface area (Å²) in [4.78, 5) is 7.07. The number of likely N-dealkylation sites (tertiary alicyclic amines) is 1. The second-order valence-electron chi connectivity index (χ2n) is 7.12. The van der Waals surface area contributed by atoms with Crippen molar-refractivity contribution in [3.05, 3.63) is 53.7 Å². The van der Waals surface area contributed by atoms with Crippen LogP contribution < -0.4 is 0 Å². The highest BCUT2D eigenvalue weighted by Crippen LogP contribution is 2.28. The Morgan fingerprint density at radius 2 is 2.11 bits per heavy atom. The third-order valence-electron chi connectivity index (χ3n) is 5.10. The van der Waals surface area contributed by atoms with Crippen molar-refractivity contribution in [2.24, 2.45) is 0 Å². The second kappa shape index (κ2) is 8.02. The van der Waals surface area contributed by atoms with E-state index < -0.39 is 0 Å². The van der Waals surface area contributed by atoms with Gasteiger partial charge in [-0.15, -0.1) is 0 Å². The van der Waals surface area contributed by atoms with Crippen molar-refractivity contribution in [1.82, 2.24) is 24.8 Å². The first kappa shape index (κ1) is 17.9. The van der Waals surface area contributed by atoms with Crippen LogP contribution in [0.2, 0.25) is 0 Å². The van der Waals surface area contributed by atoms with Gasteiger partial charge in [-0.25, -0.2) is 0 Å². The highest BCUT2D eigenvalue weighted by atomic mass is 16.5. The number of aliphatic hydroxyl groups excluding tert-OH is 1. The van der Waals surface area contributed by atoms with E-state index in [0.29, 0.717) is 12.4 Å². The summed E-state index contributed by atoms with van der Waals surface area (Å²) < 4.78 is 7.40. The fourth-order valence-electron chi connectivity index (χ4n) is 3.68. The van der Waals surface area contributed by atoms with Crippen molar-refractivity contribution in [3.63, 3.8) is 0 Å². The van der Waals surface area contributed by atoms with Gasteiger partial charge < -0.3 is 9.63 Å². The summed E-state index contributed by atoms with van der Waals surface area (Å²) >= 11 is 0. The normalized spacial score (nSPS) is 18.1. The van der Waals surface area contributed by atoms with Gasteiger partial charge in [-0.2, -0.15) is 10.1 Å². The Morgan fingerprint density at radius 3 is 2.93 bits per heavy atom. The lowest BCUT2D eigenvalue weighted by Crippen LogP contribution is -2.34. The third-order valence-corrected chi connectivity index (χ3v) is 5.10. The topological polar surface area (TPSA) is 80.2 Å². The highest BCUT2D eigenvalue weighted by Gasteiger charge is 2.26. The molecule has 0 spiro atoms. The minimum atomic E-state index is 0.104. The Morgan fingerprint density at radius 1 is 1.26 bits per heavy atom. The molecule has 1 aliphatic rings. The molecule has 1 aromatic carbocycles. The minimum absolute atomic E-state index is 0.104. The highest BCUT2D eigenvalue weighted by molar-refractivity contribution is 5.53. The van der Waals surface area contributed by atoms with E-state index in [-0.39, 0.29) is 12.5 Å². The van der Waals surface area contributed by atoms with Crippen LogP contribution in [0.15, 0.2) is 41.1 Å². The average molecular weight is 367 g/mol. The zero-order chi connectivity index (χ0) is 18.6. The van der Waals surface area contributed by atoms with E-state index in [1.807, 2.05) is 48.1 Å². The van der Waals surface area contributed by atoms with Crippen molar-refractivity contribution in [3.8, 4) is 11.4 Å². The molecule has 3 aromatic rings. The number of benzene rings is 1. The van der Waals surface area contributed by atoms with Crippen LogP contribution in [0.4, 0.5) is 0 Å². The molecular weight excluding hydrogens is 342 g/mol. The summed E-state index contributed by atoms with van der Waals surface area (Å²) in [5, 5.41) is 17.7. The van der Waals surface area contributed by atoms with E-state index in [2.05, 4.69) is 20.1 Å². The monoisotopic (exact) mass is 367 g/mol. The number of aryl methyl sites for hydroxylation is 1. The first-order valence-electron chi connectivity index (χ1n) is 9.48.